The first-order valence-corrected chi connectivity index (χ1v) is 1.97. The molecule has 10 heavy (non-hydrogen) atoms. The van der Waals surface area contributed by atoms with Crippen molar-refractivity contribution in [3.05, 3.63) is 0 Å². The number of rotatable bonds is 0. The first kappa shape index (κ1) is 22.7. The van der Waals surface area contributed by atoms with E-state index in [0.29, 0.717) is 0 Å². The Hall–Kier alpha value is -0.606. The second-order valence-electron chi connectivity index (χ2n) is 0.509. The van der Waals surface area contributed by atoms with Gasteiger partial charge in [0.25, 0.3) is 0 Å². The van der Waals surface area contributed by atoms with Crippen LogP contribution in [0.4, 0.5) is 0 Å². The molecule has 0 aromatic rings. The minimum atomic E-state index is -0.500. The van der Waals surface area contributed by atoms with Crippen molar-refractivity contribution in [1.29, 1.82) is 0 Å². The molecule has 5 nitrogen and oxygen atoms in total. The summed E-state index contributed by atoms with van der Waals surface area (Å²) in [6.45, 7) is 0.931. The standard InChI is InChI=1S/C2H6O.2CH2O2.Ni/c1-2-3;2*2-1-3;/h3H,2H2,1H3;2*1H,(H,2,3);/q;;;+2/p-2. The molecule has 0 aromatic carbocycles. The van der Waals surface area contributed by atoms with Crippen molar-refractivity contribution in [2.45, 2.75) is 6.92 Å². The zero-order chi connectivity index (χ0) is 8.12. The van der Waals surface area contributed by atoms with Gasteiger partial charge in [-0.25, -0.2) is 0 Å². The second kappa shape index (κ2) is 80.1. The Morgan fingerprint density at radius 1 is 1.30 bits per heavy atom. The number of hydrogen-bond donors (Lipinski definition) is 1. The van der Waals surface area contributed by atoms with Gasteiger partial charge in [-0.3, -0.25) is 0 Å². The van der Waals surface area contributed by atoms with Gasteiger partial charge in [-0.15, -0.1) is 0 Å². The molecule has 0 saturated carbocycles. The van der Waals surface area contributed by atoms with Crippen molar-refractivity contribution in [3.63, 3.8) is 0 Å². The van der Waals surface area contributed by atoms with Gasteiger partial charge in [0.05, 0.1) is 0 Å². The number of hydrogen-bond acceptors (Lipinski definition) is 5. The zero-order valence-corrected chi connectivity index (χ0v) is 6.25. The summed E-state index contributed by atoms with van der Waals surface area (Å²) in [7, 11) is 0. The topological polar surface area (TPSA) is 100 Å². The molecule has 0 saturated heterocycles. The summed E-state index contributed by atoms with van der Waals surface area (Å²) in [6.07, 6.45) is 0. The predicted molar refractivity (Wildman–Crippen MR) is 24.9 cm³/mol. The predicted octanol–water partition coefficient (Wildman–Crippen LogP) is -3.27. The number of carboxylic acid groups (broad SMARTS) is 2. The number of carbonyl (C=O) groups is 2. The van der Waals surface area contributed by atoms with E-state index in [1.54, 1.807) is 6.92 Å². The third kappa shape index (κ3) is 822. The molecule has 0 fully saturated rings. The van der Waals surface area contributed by atoms with Crippen LogP contribution in [0.3, 0.4) is 0 Å². The summed E-state index contributed by atoms with van der Waals surface area (Å²) in [5.74, 6) is 0. The van der Waals surface area contributed by atoms with E-state index in [-0.39, 0.29) is 23.1 Å². The molecule has 0 unspecified atom stereocenters. The third-order valence-corrected chi connectivity index (χ3v) is 0. The van der Waals surface area contributed by atoms with Crippen molar-refractivity contribution < 1.29 is 41.4 Å². The quantitative estimate of drug-likeness (QED) is 0.322. The van der Waals surface area contributed by atoms with Crippen molar-refractivity contribution in [2.75, 3.05) is 6.61 Å². The van der Waals surface area contributed by atoms with Gasteiger partial charge in [0, 0.05) is 19.6 Å². The summed E-state index contributed by atoms with van der Waals surface area (Å²) in [5, 5.41) is 24.1. The minimum absolute atomic E-state index is 0. The second-order valence-corrected chi connectivity index (χ2v) is 0.509. The van der Waals surface area contributed by atoms with E-state index in [0.717, 1.165) is 0 Å². The van der Waals surface area contributed by atoms with Gasteiger partial charge in [-0.1, -0.05) is 0 Å². The van der Waals surface area contributed by atoms with E-state index in [2.05, 4.69) is 0 Å². The normalized spacial score (nSPS) is 4.20. The largest absolute Gasteiger partial charge is 2.00 e. The van der Waals surface area contributed by atoms with Crippen LogP contribution in [0.2, 0.25) is 0 Å². The minimum Gasteiger partial charge on any atom is -0.554 e. The Kier molecular flexibility index (Phi) is 182. The van der Waals surface area contributed by atoms with E-state index in [9.17, 15) is 0 Å². The van der Waals surface area contributed by atoms with Gasteiger partial charge in [0.2, 0.25) is 0 Å². The monoisotopic (exact) mass is 194 g/mol. The average molecular weight is 195 g/mol. The summed E-state index contributed by atoms with van der Waals surface area (Å²) in [4.78, 5) is 16.5. The molecule has 0 bridgehead atoms. The van der Waals surface area contributed by atoms with Crippen molar-refractivity contribution in [2.24, 2.45) is 0 Å². The maximum absolute atomic E-state index is 8.25. The van der Waals surface area contributed by atoms with Crippen molar-refractivity contribution in [1.82, 2.24) is 0 Å². The third-order valence-electron chi connectivity index (χ3n) is 0. The first-order chi connectivity index (χ1) is 4.24. The van der Waals surface area contributed by atoms with Crippen LogP contribution in [0.1, 0.15) is 6.92 Å². The Bertz CT molecular complexity index is 42.9. The fraction of sp³-hybridized carbons (Fsp3) is 0.500. The van der Waals surface area contributed by atoms with Crippen LogP contribution in [-0.4, -0.2) is 24.7 Å². The van der Waals surface area contributed by atoms with Crippen LogP contribution in [0.5, 0.6) is 0 Å². The Balaban J connectivity index is -0.0000000257. The van der Waals surface area contributed by atoms with Gasteiger partial charge in [0.1, 0.15) is 0 Å². The van der Waals surface area contributed by atoms with Gasteiger partial charge in [0.15, 0.2) is 0 Å². The average Bonchev–Trinajstić information content (AvgIpc) is 1.70. The number of aliphatic hydroxyl groups excluding tert-OH is 1. The van der Waals surface area contributed by atoms with Gasteiger partial charge < -0.3 is 24.9 Å². The fourth-order valence-electron chi connectivity index (χ4n) is 0. The fourth-order valence-corrected chi connectivity index (χ4v) is 0. The molecule has 0 heterocycles. The SMILES string of the molecule is CCO.O=C[O-].O=C[O-].[Ni+2]. The van der Waals surface area contributed by atoms with Crippen LogP contribution in [0.15, 0.2) is 0 Å². The van der Waals surface area contributed by atoms with Gasteiger partial charge in [-0.2, -0.15) is 0 Å². The molecular weight excluding hydrogens is 187 g/mol. The van der Waals surface area contributed by atoms with E-state index >= 15 is 0 Å². The summed E-state index contributed by atoms with van der Waals surface area (Å²) < 4.78 is 0. The molecule has 0 aliphatic carbocycles. The summed E-state index contributed by atoms with van der Waals surface area (Å²) in [6, 6.07) is 0. The molecule has 0 spiro atoms. The Morgan fingerprint density at radius 3 is 1.30 bits per heavy atom. The maximum Gasteiger partial charge on any atom is 2.00 e. The van der Waals surface area contributed by atoms with E-state index in [4.69, 9.17) is 24.9 Å². The molecule has 6 heteroatoms. The van der Waals surface area contributed by atoms with Crippen LogP contribution in [-0.2, 0) is 26.1 Å². The molecule has 0 aliphatic heterocycles. The molecule has 64 valence electrons. The number of carbonyl (C=O) groups excluding carboxylic acids is 2. The van der Waals surface area contributed by atoms with Crippen molar-refractivity contribution >= 4 is 12.9 Å². The molecule has 0 radical (unpaired) electrons. The van der Waals surface area contributed by atoms with Crippen LogP contribution >= 0.6 is 0 Å². The van der Waals surface area contributed by atoms with E-state index in [1.165, 1.54) is 0 Å². The molecule has 0 amide bonds. The molecule has 0 aliphatic rings. The van der Waals surface area contributed by atoms with Gasteiger partial charge in [-0.05, 0) is 6.92 Å². The first-order valence-electron chi connectivity index (χ1n) is 1.97. The van der Waals surface area contributed by atoms with Gasteiger partial charge >= 0.3 is 16.5 Å². The van der Waals surface area contributed by atoms with Crippen molar-refractivity contribution in [3.8, 4) is 0 Å². The Morgan fingerprint density at radius 2 is 1.30 bits per heavy atom. The molecule has 0 atom stereocenters. The number of aliphatic hydroxyl groups is 1. The van der Waals surface area contributed by atoms with Crippen LogP contribution < -0.4 is 10.2 Å². The molecule has 0 rings (SSSR count). The van der Waals surface area contributed by atoms with E-state index < -0.39 is 12.9 Å². The molecular formula is C4H8NiO5. The van der Waals surface area contributed by atoms with Crippen LogP contribution in [0.25, 0.3) is 0 Å². The molecule has 0 aromatic heterocycles. The molecule has 1 N–H and O–H groups in total. The zero-order valence-electron chi connectivity index (χ0n) is 5.26. The van der Waals surface area contributed by atoms with E-state index in [1.807, 2.05) is 0 Å². The maximum atomic E-state index is 8.25. The Labute approximate surface area is 68.6 Å². The smallest absolute Gasteiger partial charge is 0.554 e. The summed E-state index contributed by atoms with van der Waals surface area (Å²) >= 11 is 0. The summed E-state index contributed by atoms with van der Waals surface area (Å²) in [5.41, 5.74) is 0. The van der Waals surface area contributed by atoms with Crippen LogP contribution in [0, 0.1) is 0 Å².